The first-order valence-electron chi connectivity index (χ1n) is 2.81. The molecule has 0 radical (unpaired) electrons. The van der Waals surface area contributed by atoms with Gasteiger partial charge < -0.3 is 0 Å². The van der Waals surface area contributed by atoms with Gasteiger partial charge in [-0.15, -0.1) is 5.11 Å². The van der Waals surface area contributed by atoms with E-state index in [1.54, 1.807) is 6.92 Å². The van der Waals surface area contributed by atoms with E-state index in [0.717, 1.165) is 0 Å². The second kappa shape index (κ2) is 2.13. The van der Waals surface area contributed by atoms with Crippen LogP contribution < -0.4 is 0 Å². The van der Waals surface area contributed by atoms with Crippen LogP contribution in [0.3, 0.4) is 0 Å². The SMILES string of the molecule is CC(=O)C1=C(C)N=NC1=O. The summed E-state index contributed by atoms with van der Waals surface area (Å²) in [5, 5.41) is 6.67. The third-order valence-electron chi connectivity index (χ3n) is 1.22. The molecule has 1 aliphatic rings. The van der Waals surface area contributed by atoms with E-state index >= 15 is 0 Å². The van der Waals surface area contributed by atoms with Gasteiger partial charge in [-0.3, -0.25) is 9.59 Å². The lowest BCUT2D eigenvalue weighted by Crippen LogP contribution is -2.04. The van der Waals surface area contributed by atoms with Crippen LogP contribution in [0.15, 0.2) is 21.5 Å². The summed E-state index contributed by atoms with van der Waals surface area (Å²) in [6, 6.07) is 0. The molecular formula is C6H6N2O2. The van der Waals surface area contributed by atoms with Crippen molar-refractivity contribution < 1.29 is 9.59 Å². The van der Waals surface area contributed by atoms with Gasteiger partial charge in [0.25, 0.3) is 0 Å². The van der Waals surface area contributed by atoms with E-state index in [9.17, 15) is 9.59 Å². The molecule has 0 unspecified atom stereocenters. The standard InChI is InChI=1S/C6H6N2O2/c1-3-5(4(2)9)6(10)8-7-3/h1-2H3. The van der Waals surface area contributed by atoms with Crippen molar-refractivity contribution in [2.24, 2.45) is 10.2 Å². The lowest BCUT2D eigenvalue weighted by molar-refractivity contribution is -0.119. The molecule has 0 saturated heterocycles. The van der Waals surface area contributed by atoms with Crippen molar-refractivity contribution in [3.63, 3.8) is 0 Å². The molecule has 0 aliphatic carbocycles. The Hall–Kier alpha value is -1.32. The molecule has 4 nitrogen and oxygen atoms in total. The zero-order chi connectivity index (χ0) is 7.72. The number of carbonyl (C=O) groups is 2. The van der Waals surface area contributed by atoms with Crippen LogP contribution >= 0.6 is 0 Å². The maximum Gasteiger partial charge on any atom is 0.300 e. The number of Topliss-reactive ketones (excluding diaryl/α,β-unsaturated/α-hetero) is 1. The summed E-state index contributed by atoms with van der Waals surface area (Å²) in [5.41, 5.74) is 0.525. The van der Waals surface area contributed by atoms with Crippen molar-refractivity contribution in [2.75, 3.05) is 0 Å². The Kier molecular flexibility index (Phi) is 1.45. The maximum absolute atomic E-state index is 10.7. The number of amides is 1. The van der Waals surface area contributed by atoms with E-state index in [1.807, 2.05) is 0 Å². The smallest absolute Gasteiger partial charge is 0.294 e. The van der Waals surface area contributed by atoms with Gasteiger partial charge in [-0.05, 0) is 13.8 Å². The van der Waals surface area contributed by atoms with Crippen molar-refractivity contribution in [2.45, 2.75) is 13.8 Å². The van der Waals surface area contributed by atoms with Crippen molar-refractivity contribution in [1.82, 2.24) is 0 Å². The number of hydrogen-bond acceptors (Lipinski definition) is 3. The summed E-state index contributed by atoms with van der Waals surface area (Å²) in [7, 11) is 0. The minimum atomic E-state index is -0.523. The Morgan fingerprint density at radius 1 is 1.40 bits per heavy atom. The predicted octanol–water partition coefficient (Wildman–Crippen LogP) is 0.842. The molecule has 0 bridgehead atoms. The van der Waals surface area contributed by atoms with E-state index in [1.165, 1.54) is 6.92 Å². The van der Waals surface area contributed by atoms with E-state index in [2.05, 4.69) is 10.2 Å². The van der Waals surface area contributed by atoms with Crippen molar-refractivity contribution in [1.29, 1.82) is 0 Å². The lowest BCUT2D eigenvalue weighted by atomic mass is 10.1. The van der Waals surface area contributed by atoms with Gasteiger partial charge in [0.1, 0.15) is 5.57 Å². The maximum atomic E-state index is 10.7. The fourth-order valence-corrected chi connectivity index (χ4v) is 0.781. The number of ketones is 1. The highest BCUT2D eigenvalue weighted by Crippen LogP contribution is 2.15. The van der Waals surface area contributed by atoms with Crippen molar-refractivity contribution in [3.05, 3.63) is 11.3 Å². The summed E-state index contributed by atoms with van der Waals surface area (Å²) in [6.07, 6.45) is 0. The molecule has 4 heteroatoms. The fourth-order valence-electron chi connectivity index (χ4n) is 0.781. The van der Waals surface area contributed by atoms with Gasteiger partial charge in [-0.2, -0.15) is 5.11 Å². The fraction of sp³-hybridized carbons (Fsp3) is 0.333. The van der Waals surface area contributed by atoms with Crippen LogP contribution in [-0.4, -0.2) is 11.7 Å². The average Bonchev–Trinajstić information content (AvgIpc) is 2.11. The van der Waals surface area contributed by atoms with Crippen LogP contribution in [0, 0.1) is 0 Å². The summed E-state index contributed by atoms with van der Waals surface area (Å²) >= 11 is 0. The minimum Gasteiger partial charge on any atom is -0.294 e. The first kappa shape index (κ1) is 6.80. The minimum absolute atomic E-state index is 0.111. The Bertz CT molecular complexity index is 263. The van der Waals surface area contributed by atoms with Crippen molar-refractivity contribution in [3.8, 4) is 0 Å². The highest BCUT2D eigenvalue weighted by atomic mass is 16.2. The molecule has 1 heterocycles. The molecule has 0 N–H and O–H groups in total. The summed E-state index contributed by atoms with van der Waals surface area (Å²) in [4.78, 5) is 21.4. The molecule has 52 valence electrons. The van der Waals surface area contributed by atoms with Gasteiger partial charge in [0, 0.05) is 0 Å². The Morgan fingerprint density at radius 2 is 2.00 bits per heavy atom. The van der Waals surface area contributed by atoms with Crippen LogP contribution in [-0.2, 0) is 9.59 Å². The molecule has 0 fully saturated rings. The molecule has 0 saturated carbocycles. The van der Waals surface area contributed by atoms with Crippen LogP contribution in [0.1, 0.15) is 13.8 Å². The van der Waals surface area contributed by atoms with Crippen LogP contribution in [0.25, 0.3) is 0 Å². The normalized spacial score (nSPS) is 16.8. The van der Waals surface area contributed by atoms with E-state index in [0.29, 0.717) is 5.70 Å². The van der Waals surface area contributed by atoms with Crippen LogP contribution in [0.5, 0.6) is 0 Å². The lowest BCUT2D eigenvalue weighted by Gasteiger charge is -1.89. The zero-order valence-corrected chi connectivity index (χ0v) is 5.71. The first-order valence-corrected chi connectivity index (χ1v) is 2.81. The highest BCUT2D eigenvalue weighted by Gasteiger charge is 2.21. The first-order chi connectivity index (χ1) is 4.63. The van der Waals surface area contributed by atoms with Gasteiger partial charge in [-0.25, -0.2) is 0 Å². The third kappa shape index (κ3) is 0.877. The van der Waals surface area contributed by atoms with Gasteiger partial charge in [-0.1, -0.05) is 0 Å². The van der Waals surface area contributed by atoms with E-state index < -0.39 is 5.91 Å². The van der Waals surface area contributed by atoms with E-state index in [-0.39, 0.29) is 11.4 Å². The van der Waals surface area contributed by atoms with Gasteiger partial charge in [0.05, 0.1) is 5.70 Å². The quantitative estimate of drug-likeness (QED) is 0.504. The van der Waals surface area contributed by atoms with Gasteiger partial charge >= 0.3 is 5.91 Å². The number of nitrogens with zero attached hydrogens (tertiary/aromatic N) is 2. The average molecular weight is 138 g/mol. The number of carbonyl (C=O) groups excluding carboxylic acids is 2. The molecular weight excluding hydrogens is 132 g/mol. The summed E-state index contributed by atoms with van der Waals surface area (Å²) in [6.45, 7) is 2.91. The summed E-state index contributed by atoms with van der Waals surface area (Å²) < 4.78 is 0. The predicted molar refractivity (Wildman–Crippen MR) is 33.2 cm³/mol. The number of azo groups is 1. The number of allylic oxidation sites excluding steroid dienone is 1. The van der Waals surface area contributed by atoms with Crippen molar-refractivity contribution >= 4 is 11.7 Å². The molecule has 1 aliphatic heterocycles. The molecule has 0 aromatic carbocycles. The Balaban J connectivity index is 3.08. The second-order valence-corrected chi connectivity index (χ2v) is 2.02. The monoisotopic (exact) mass is 138 g/mol. The highest BCUT2D eigenvalue weighted by molar-refractivity contribution is 6.20. The van der Waals surface area contributed by atoms with Crippen LogP contribution in [0.4, 0.5) is 0 Å². The zero-order valence-electron chi connectivity index (χ0n) is 5.71. The molecule has 0 aromatic rings. The molecule has 10 heavy (non-hydrogen) atoms. The summed E-state index contributed by atoms with van der Waals surface area (Å²) in [5.74, 6) is -0.794. The molecule has 0 aromatic heterocycles. The second-order valence-electron chi connectivity index (χ2n) is 2.02. The van der Waals surface area contributed by atoms with Gasteiger partial charge in [0.15, 0.2) is 5.78 Å². The molecule has 1 amide bonds. The number of hydrogen-bond donors (Lipinski definition) is 0. The van der Waals surface area contributed by atoms with E-state index in [4.69, 9.17) is 0 Å². The topological polar surface area (TPSA) is 58.9 Å². The Morgan fingerprint density at radius 3 is 2.20 bits per heavy atom. The van der Waals surface area contributed by atoms with Crippen LogP contribution in [0.2, 0.25) is 0 Å². The number of rotatable bonds is 1. The molecule has 1 rings (SSSR count). The molecule has 0 atom stereocenters. The largest absolute Gasteiger partial charge is 0.300 e. The molecule has 0 spiro atoms. The Labute approximate surface area is 57.6 Å². The van der Waals surface area contributed by atoms with Gasteiger partial charge in [0.2, 0.25) is 0 Å². The third-order valence-corrected chi connectivity index (χ3v) is 1.22.